The summed E-state index contributed by atoms with van der Waals surface area (Å²) in [6, 6.07) is 12.0. The van der Waals surface area contributed by atoms with Crippen LogP contribution >= 0.6 is 0 Å². The first-order valence-corrected chi connectivity index (χ1v) is 8.49. The summed E-state index contributed by atoms with van der Waals surface area (Å²) in [7, 11) is 0. The van der Waals surface area contributed by atoms with E-state index < -0.39 is 0 Å². The second-order valence-corrected chi connectivity index (χ2v) is 6.27. The molecule has 25 heavy (non-hydrogen) atoms. The van der Waals surface area contributed by atoms with Crippen LogP contribution in [0.5, 0.6) is 0 Å². The summed E-state index contributed by atoms with van der Waals surface area (Å²) in [4.78, 5) is 28.4. The van der Waals surface area contributed by atoms with E-state index in [-0.39, 0.29) is 18.4 Å². The van der Waals surface area contributed by atoms with Gasteiger partial charge in [-0.3, -0.25) is 14.5 Å². The zero-order valence-electron chi connectivity index (χ0n) is 14.4. The molecule has 0 aliphatic carbocycles. The van der Waals surface area contributed by atoms with Gasteiger partial charge in [0.2, 0.25) is 5.91 Å². The van der Waals surface area contributed by atoms with E-state index in [1.807, 2.05) is 23.1 Å². The zero-order chi connectivity index (χ0) is 17.6. The number of nitrogens with one attached hydrogen (secondary N) is 1. The molecule has 0 radical (unpaired) electrons. The summed E-state index contributed by atoms with van der Waals surface area (Å²) in [5.41, 5.74) is 1.72. The van der Waals surface area contributed by atoms with Crippen molar-refractivity contribution in [2.45, 2.75) is 13.5 Å². The maximum absolute atomic E-state index is 12.3. The molecular weight excluding hydrogens is 318 g/mol. The van der Waals surface area contributed by atoms with Gasteiger partial charge in [0, 0.05) is 32.7 Å². The number of nitrogens with zero attached hydrogens (tertiary/aromatic N) is 2. The maximum Gasteiger partial charge on any atom is 0.254 e. The first-order chi connectivity index (χ1) is 12.1. The molecule has 0 spiro atoms. The van der Waals surface area contributed by atoms with E-state index >= 15 is 0 Å². The predicted molar refractivity (Wildman–Crippen MR) is 94.1 cm³/mol. The number of furan rings is 1. The molecule has 6 heteroatoms. The van der Waals surface area contributed by atoms with Gasteiger partial charge in [-0.25, -0.2) is 0 Å². The van der Waals surface area contributed by atoms with Crippen LogP contribution in [0.1, 0.15) is 21.7 Å². The Hall–Kier alpha value is -2.60. The Morgan fingerprint density at radius 2 is 1.84 bits per heavy atom. The summed E-state index contributed by atoms with van der Waals surface area (Å²) in [6.07, 6.45) is 1.40. The molecule has 1 fully saturated rings. The van der Waals surface area contributed by atoms with Crippen LogP contribution in [0.3, 0.4) is 0 Å². The predicted octanol–water partition coefficient (Wildman–Crippen LogP) is 1.66. The van der Waals surface area contributed by atoms with Crippen LogP contribution in [0.4, 0.5) is 0 Å². The highest BCUT2D eigenvalue weighted by atomic mass is 16.3. The smallest absolute Gasteiger partial charge is 0.254 e. The summed E-state index contributed by atoms with van der Waals surface area (Å²) < 4.78 is 5.11. The normalized spacial score (nSPS) is 15.2. The van der Waals surface area contributed by atoms with Gasteiger partial charge in [0.15, 0.2) is 0 Å². The number of hydrogen-bond donors (Lipinski definition) is 1. The van der Waals surface area contributed by atoms with Crippen molar-refractivity contribution in [2.24, 2.45) is 0 Å². The molecule has 1 aromatic carbocycles. The molecule has 6 nitrogen and oxygen atoms in total. The van der Waals surface area contributed by atoms with Gasteiger partial charge >= 0.3 is 0 Å². The van der Waals surface area contributed by atoms with Gasteiger partial charge in [-0.1, -0.05) is 30.3 Å². The fourth-order valence-electron chi connectivity index (χ4n) is 2.93. The van der Waals surface area contributed by atoms with Crippen LogP contribution in [0.25, 0.3) is 0 Å². The number of amides is 2. The van der Waals surface area contributed by atoms with Gasteiger partial charge in [-0.2, -0.15) is 0 Å². The average molecular weight is 341 g/mol. The quantitative estimate of drug-likeness (QED) is 0.898. The molecule has 132 valence electrons. The minimum atomic E-state index is -0.284. The highest BCUT2D eigenvalue weighted by molar-refractivity contribution is 5.96. The van der Waals surface area contributed by atoms with Crippen molar-refractivity contribution in [1.29, 1.82) is 0 Å². The lowest BCUT2D eigenvalue weighted by Crippen LogP contribution is -2.50. The van der Waals surface area contributed by atoms with Crippen molar-refractivity contribution < 1.29 is 14.0 Å². The highest BCUT2D eigenvalue weighted by Gasteiger charge is 2.21. The molecule has 3 rings (SSSR count). The van der Waals surface area contributed by atoms with Crippen molar-refractivity contribution in [3.05, 3.63) is 59.5 Å². The van der Waals surface area contributed by atoms with Gasteiger partial charge in [0.05, 0.1) is 12.1 Å². The summed E-state index contributed by atoms with van der Waals surface area (Å²) in [5, 5.41) is 2.66. The molecule has 1 aliphatic heterocycles. The Morgan fingerprint density at radius 1 is 1.12 bits per heavy atom. The van der Waals surface area contributed by atoms with E-state index in [2.05, 4.69) is 22.3 Å². The molecule has 1 aromatic heterocycles. The Labute approximate surface area is 147 Å². The molecule has 2 amide bonds. The molecule has 0 bridgehead atoms. The van der Waals surface area contributed by atoms with E-state index in [1.165, 1.54) is 11.8 Å². The summed E-state index contributed by atoms with van der Waals surface area (Å²) in [6.45, 7) is 5.75. The van der Waals surface area contributed by atoms with Gasteiger partial charge in [-0.15, -0.1) is 0 Å². The number of piperazine rings is 1. The van der Waals surface area contributed by atoms with E-state index in [0.717, 1.165) is 19.6 Å². The van der Waals surface area contributed by atoms with Crippen LogP contribution in [0.15, 0.2) is 47.1 Å². The lowest BCUT2D eigenvalue weighted by Gasteiger charge is -2.34. The minimum absolute atomic E-state index is 0.0156. The molecule has 1 saturated heterocycles. The van der Waals surface area contributed by atoms with Gasteiger partial charge < -0.3 is 14.6 Å². The molecule has 0 saturated carbocycles. The molecule has 0 unspecified atom stereocenters. The number of carbonyl (C=O) groups is 2. The molecule has 1 aliphatic rings. The van der Waals surface area contributed by atoms with E-state index in [0.29, 0.717) is 24.4 Å². The molecule has 1 N–H and O–H groups in total. The van der Waals surface area contributed by atoms with Gasteiger partial charge in [0.25, 0.3) is 5.91 Å². The van der Waals surface area contributed by atoms with Crippen LogP contribution < -0.4 is 5.32 Å². The number of hydrogen-bond acceptors (Lipinski definition) is 4. The second kappa shape index (κ2) is 7.98. The van der Waals surface area contributed by atoms with Crippen molar-refractivity contribution in [3.8, 4) is 0 Å². The van der Waals surface area contributed by atoms with Crippen LogP contribution in [0, 0.1) is 6.92 Å². The average Bonchev–Trinajstić information content (AvgIpc) is 3.07. The molecular formula is C19H23N3O3. The van der Waals surface area contributed by atoms with Crippen LogP contribution in [-0.4, -0.2) is 54.3 Å². The Kier molecular flexibility index (Phi) is 5.50. The fraction of sp³-hybridized carbons (Fsp3) is 0.368. The Morgan fingerprint density at radius 3 is 2.48 bits per heavy atom. The standard InChI is InChI=1S/C19H23N3O3/c1-15-11-17(14-25-15)19(24)20-12-18(23)22-9-7-21(8-10-22)13-16-5-3-2-4-6-16/h2-6,11,14H,7-10,12-13H2,1H3,(H,20,24). The molecule has 0 atom stereocenters. The third-order valence-corrected chi connectivity index (χ3v) is 4.37. The topological polar surface area (TPSA) is 65.8 Å². The summed E-state index contributed by atoms with van der Waals surface area (Å²) >= 11 is 0. The second-order valence-electron chi connectivity index (χ2n) is 6.27. The first-order valence-electron chi connectivity index (χ1n) is 8.49. The zero-order valence-corrected chi connectivity index (χ0v) is 14.4. The van der Waals surface area contributed by atoms with Gasteiger partial charge in [-0.05, 0) is 18.6 Å². The fourth-order valence-corrected chi connectivity index (χ4v) is 2.93. The van der Waals surface area contributed by atoms with Crippen molar-refractivity contribution in [1.82, 2.24) is 15.1 Å². The SMILES string of the molecule is Cc1cc(C(=O)NCC(=O)N2CCN(Cc3ccccc3)CC2)co1. The first kappa shape index (κ1) is 17.2. The van der Waals surface area contributed by atoms with Gasteiger partial charge in [0.1, 0.15) is 12.0 Å². The maximum atomic E-state index is 12.3. The third-order valence-electron chi connectivity index (χ3n) is 4.37. The molecule has 2 heterocycles. The number of carbonyl (C=O) groups excluding carboxylic acids is 2. The van der Waals surface area contributed by atoms with Crippen molar-refractivity contribution >= 4 is 11.8 Å². The van der Waals surface area contributed by atoms with E-state index in [1.54, 1.807) is 13.0 Å². The minimum Gasteiger partial charge on any atom is -0.469 e. The van der Waals surface area contributed by atoms with Crippen molar-refractivity contribution in [3.63, 3.8) is 0 Å². The monoisotopic (exact) mass is 341 g/mol. The molecule has 2 aromatic rings. The van der Waals surface area contributed by atoms with Crippen molar-refractivity contribution in [2.75, 3.05) is 32.7 Å². The van der Waals surface area contributed by atoms with Crippen LogP contribution in [0.2, 0.25) is 0 Å². The number of benzene rings is 1. The third kappa shape index (κ3) is 4.70. The summed E-state index contributed by atoms with van der Waals surface area (Å²) in [5.74, 6) is 0.340. The highest BCUT2D eigenvalue weighted by Crippen LogP contribution is 2.09. The number of aryl methyl sites for hydroxylation is 1. The number of rotatable bonds is 5. The van der Waals surface area contributed by atoms with E-state index in [4.69, 9.17) is 4.42 Å². The Balaban J connectivity index is 1.41. The van der Waals surface area contributed by atoms with Crippen LogP contribution in [-0.2, 0) is 11.3 Å². The lowest BCUT2D eigenvalue weighted by atomic mass is 10.2. The lowest BCUT2D eigenvalue weighted by molar-refractivity contribution is -0.131. The Bertz CT molecular complexity index is 719. The van der Waals surface area contributed by atoms with E-state index in [9.17, 15) is 9.59 Å². The largest absolute Gasteiger partial charge is 0.469 e.